The molecular weight excluding hydrogens is 209 g/mol. The van der Waals surface area contributed by atoms with Crippen LogP contribution >= 0.6 is 0 Å². The summed E-state index contributed by atoms with van der Waals surface area (Å²) in [4.78, 5) is 0. The van der Waals surface area contributed by atoms with Crippen molar-refractivity contribution >= 4 is 14.6 Å². The fourth-order valence-electron chi connectivity index (χ4n) is 0.897. The first-order valence-corrected chi connectivity index (χ1v) is 7.03. The van der Waals surface area contributed by atoms with E-state index in [1.165, 1.54) is 0 Å². The monoisotopic (exact) mass is 224 g/mol. The van der Waals surface area contributed by atoms with Gasteiger partial charge in [-0.2, -0.15) is 0 Å². The first-order valence-electron chi connectivity index (χ1n) is 3.60. The predicted octanol–water partition coefficient (Wildman–Crippen LogP) is 0.398. The van der Waals surface area contributed by atoms with Crippen molar-refractivity contribution in [1.29, 1.82) is 0 Å². The van der Waals surface area contributed by atoms with Gasteiger partial charge in [-0.3, -0.25) is 0 Å². The number of hydrogen-bond acceptors (Lipinski definition) is 4. The molecule has 4 nitrogen and oxygen atoms in total. The van der Waals surface area contributed by atoms with Gasteiger partial charge in [-0.1, -0.05) is 0 Å². The fraction of sp³-hybridized carbons (Fsp3) is 1.00. The van der Waals surface area contributed by atoms with Crippen molar-refractivity contribution in [2.45, 2.75) is 6.92 Å². The van der Waals surface area contributed by atoms with E-state index >= 15 is 0 Å². The van der Waals surface area contributed by atoms with Crippen LogP contribution in [0.15, 0.2) is 0 Å². The summed E-state index contributed by atoms with van der Waals surface area (Å²) in [6, 6.07) is 0. The first kappa shape index (κ1) is 9.47. The second kappa shape index (κ2) is 3.86. The molecule has 0 unspecified atom stereocenters. The molecule has 0 atom stereocenters. The van der Waals surface area contributed by atoms with Crippen LogP contribution in [0.3, 0.4) is 0 Å². The molecule has 1 rings (SSSR count). The second-order valence-electron chi connectivity index (χ2n) is 2.64. The second-order valence-corrected chi connectivity index (χ2v) is 7.66. The van der Waals surface area contributed by atoms with Crippen LogP contribution in [0.25, 0.3) is 0 Å². The van der Waals surface area contributed by atoms with Crippen molar-refractivity contribution in [3.8, 4) is 0 Å². The van der Waals surface area contributed by atoms with Crippen molar-refractivity contribution in [2.75, 3.05) is 27.4 Å². The maximum absolute atomic E-state index is 5.40. The Morgan fingerprint density at radius 2 is 1.64 bits per heavy atom. The Hall–Kier alpha value is 0.383. The van der Waals surface area contributed by atoms with Crippen LogP contribution in [0, 0.1) is 5.92 Å². The molecule has 0 N–H and O–H groups in total. The molecule has 0 amide bonds. The van der Waals surface area contributed by atoms with Crippen LogP contribution in [-0.2, 0) is 15.1 Å². The number of hydrogen-bond donors (Lipinski definition) is 0. The van der Waals surface area contributed by atoms with Gasteiger partial charge in [0.25, 0.3) is 0 Å². The Kier molecular flexibility index (Phi) is 3.33. The summed E-state index contributed by atoms with van der Waals surface area (Å²) < 4.78 is 21.0. The Bertz CT molecular complexity index is 116. The van der Waals surface area contributed by atoms with E-state index in [4.69, 9.17) is 15.1 Å². The van der Waals surface area contributed by atoms with Gasteiger partial charge >= 0.3 is 69.9 Å². The van der Waals surface area contributed by atoms with Gasteiger partial charge in [0.1, 0.15) is 0 Å². The van der Waals surface area contributed by atoms with E-state index in [1.807, 2.05) is 0 Å². The molecule has 0 radical (unpaired) electrons. The van der Waals surface area contributed by atoms with Crippen molar-refractivity contribution < 1.29 is 15.1 Å². The molecule has 0 saturated carbocycles. The molecule has 1 heterocycles. The van der Waals surface area contributed by atoms with Gasteiger partial charge in [0.05, 0.1) is 0 Å². The Morgan fingerprint density at radius 3 is 2.00 bits per heavy atom. The average Bonchev–Trinajstić information content (AvgIpc) is 2.07. The zero-order chi connectivity index (χ0) is 8.32. The molecular formula is C6H14GeO4. The molecule has 0 aromatic rings. The fourth-order valence-corrected chi connectivity index (χ4v) is 4.46. The first-order chi connectivity index (χ1) is 5.22. The van der Waals surface area contributed by atoms with Crippen LogP contribution in [0.5, 0.6) is 0 Å². The Morgan fingerprint density at radius 1 is 1.18 bits per heavy atom. The summed E-state index contributed by atoms with van der Waals surface area (Å²) in [5.74, 6) is 0.444. The summed E-state index contributed by atoms with van der Waals surface area (Å²) in [6.45, 7) is 3.43. The summed E-state index contributed by atoms with van der Waals surface area (Å²) >= 11 is -3.17. The Labute approximate surface area is 70.5 Å². The number of rotatable bonds is 2. The van der Waals surface area contributed by atoms with E-state index in [1.54, 1.807) is 14.2 Å². The average molecular weight is 223 g/mol. The van der Waals surface area contributed by atoms with Gasteiger partial charge in [-0.25, -0.2) is 0 Å². The van der Waals surface area contributed by atoms with Gasteiger partial charge in [-0.05, 0) is 0 Å². The van der Waals surface area contributed by atoms with E-state index in [0.29, 0.717) is 19.1 Å². The van der Waals surface area contributed by atoms with E-state index in [-0.39, 0.29) is 0 Å². The summed E-state index contributed by atoms with van der Waals surface area (Å²) in [6.07, 6.45) is 0. The van der Waals surface area contributed by atoms with E-state index < -0.39 is 14.6 Å². The van der Waals surface area contributed by atoms with Crippen LogP contribution in [0.2, 0.25) is 0 Å². The van der Waals surface area contributed by atoms with Crippen molar-refractivity contribution in [1.82, 2.24) is 0 Å². The van der Waals surface area contributed by atoms with Gasteiger partial charge in [0.2, 0.25) is 0 Å². The van der Waals surface area contributed by atoms with Crippen molar-refractivity contribution in [2.24, 2.45) is 5.92 Å². The van der Waals surface area contributed by atoms with Crippen LogP contribution < -0.4 is 0 Å². The molecule has 1 saturated heterocycles. The molecule has 5 heteroatoms. The zero-order valence-corrected chi connectivity index (χ0v) is 9.22. The zero-order valence-electron chi connectivity index (χ0n) is 7.12. The standard InChI is InChI=1S/C6H14GeO4/c1-6-4-10-7(8-2,9-3)11-5-6/h6H,4-5H2,1-3H3. The summed E-state index contributed by atoms with van der Waals surface area (Å²) in [5, 5.41) is 0. The molecule has 0 aromatic heterocycles. The molecule has 0 spiro atoms. The Balaban J connectivity index is 2.45. The molecule has 0 bridgehead atoms. The molecule has 1 aliphatic heterocycles. The molecule has 0 aromatic carbocycles. The summed E-state index contributed by atoms with van der Waals surface area (Å²) in [7, 11) is 3.14. The maximum atomic E-state index is 5.40. The third kappa shape index (κ3) is 2.16. The van der Waals surface area contributed by atoms with Gasteiger partial charge in [0, 0.05) is 0 Å². The van der Waals surface area contributed by atoms with Gasteiger partial charge < -0.3 is 0 Å². The summed E-state index contributed by atoms with van der Waals surface area (Å²) in [5.41, 5.74) is 0. The minimum absolute atomic E-state index is 0.444. The van der Waals surface area contributed by atoms with Crippen LogP contribution in [-0.4, -0.2) is 42.0 Å². The minimum atomic E-state index is -3.17. The van der Waals surface area contributed by atoms with Gasteiger partial charge in [0.15, 0.2) is 0 Å². The third-order valence-corrected chi connectivity index (χ3v) is 5.87. The third-order valence-electron chi connectivity index (χ3n) is 1.59. The normalized spacial score (nSPS) is 25.4. The quantitative estimate of drug-likeness (QED) is 0.634. The van der Waals surface area contributed by atoms with Crippen molar-refractivity contribution in [3.05, 3.63) is 0 Å². The van der Waals surface area contributed by atoms with Gasteiger partial charge in [-0.15, -0.1) is 0 Å². The van der Waals surface area contributed by atoms with Crippen LogP contribution in [0.1, 0.15) is 6.92 Å². The molecule has 1 aliphatic rings. The topological polar surface area (TPSA) is 36.9 Å². The molecule has 66 valence electrons. The SMILES string of the molecule is C[O][Ge]1([O]C)[O]CC(C)C[O]1. The molecule has 11 heavy (non-hydrogen) atoms. The van der Waals surface area contributed by atoms with Crippen LogP contribution in [0.4, 0.5) is 0 Å². The predicted molar refractivity (Wildman–Crippen MR) is 40.8 cm³/mol. The van der Waals surface area contributed by atoms with E-state index in [9.17, 15) is 0 Å². The molecule has 0 aliphatic carbocycles. The van der Waals surface area contributed by atoms with E-state index in [2.05, 4.69) is 6.92 Å². The van der Waals surface area contributed by atoms with Crippen molar-refractivity contribution in [3.63, 3.8) is 0 Å². The van der Waals surface area contributed by atoms with E-state index in [0.717, 1.165) is 0 Å². The molecule has 1 fully saturated rings.